The molecule has 2 nitrogen and oxygen atoms in total. The first-order valence-corrected chi connectivity index (χ1v) is 5.94. The standard InChI is InChI=1S/C15H10F4O2/c16-13-4-5-14(11(7-13)8-20)21-9-10-2-1-3-12(6-10)15(17,18)19/h1-8H,9H2. The Morgan fingerprint density at radius 1 is 1.10 bits per heavy atom. The third kappa shape index (κ3) is 3.81. The van der Waals surface area contributed by atoms with Crippen molar-refractivity contribution in [3.63, 3.8) is 0 Å². The van der Waals surface area contributed by atoms with Crippen LogP contribution in [0.1, 0.15) is 21.5 Å². The van der Waals surface area contributed by atoms with Crippen molar-refractivity contribution in [2.45, 2.75) is 12.8 Å². The van der Waals surface area contributed by atoms with Crippen molar-refractivity contribution in [1.29, 1.82) is 0 Å². The Bertz CT molecular complexity index is 650. The van der Waals surface area contributed by atoms with E-state index in [1.807, 2.05) is 0 Å². The maximum absolute atomic E-state index is 12.9. The number of rotatable bonds is 4. The average Bonchev–Trinajstić information content (AvgIpc) is 2.45. The quantitative estimate of drug-likeness (QED) is 0.623. The maximum Gasteiger partial charge on any atom is 0.416 e. The number of halogens is 4. The minimum absolute atomic E-state index is 0.00183. The predicted molar refractivity (Wildman–Crippen MR) is 67.6 cm³/mol. The topological polar surface area (TPSA) is 26.3 Å². The van der Waals surface area contributed by atoms with Gasteiger partial charge in [0, 0.05) is 0 Å². The molecule has 0 aromatic heterocycles. The Kier molecular flexibility index (Phi) is 4.26. The van der Waals surface area contributed by atoms with Crippen molar-refractivity contribution in [1.82, 2.24) is 0 Å². The number of hydrogen-bond acceptors (Lipinski definition) is 2. The highest BCUT2D eigenvalue weighted by atomic mass is 19.4. The highest BCUT2D eigenvalue weighted by Crippen LogP contribution is 2.30. The van der Waals surface area contributed by atoms with Gasteiger partial charge in [-0.15, -0.1) is 0 Å². The fourth-order valence-electron chi connectivity index (χ4n) is 1.74. The summed E-state index contributed by atoms with van der Waals surface area (Å²) in [7, 11) is 0. The molecule has 0 saturated heterocycles. The summed E-state index contributed by atoms with van der Waals surface area (Å²) in [6.45, 7) is -0.156. The summed E-state index contributed by atoms with van der Waals surface area (Å²) in [6, 6.07) is 8.02. The number of carbonyl (C=O) groups is 1. The van der Waals surface area contributed by atoms with Crippen LogP contribution in [0.25, 0.3) is 0 Å². The van der Waals surface area contributed by atoms with E-state index < -0.39 is 17.6 Å². The lowest BCUT2D eigenvalue weighted by Crippen LogP contribution is -2.06. The SMILES string of the molecule is O=Cc1cc(F)ccc1OCc1cccc(C(F)(F)F)c1. The zero-order chi connectivity index (χ0) is 15.5. The molecule has 2 rings (SSSR count). The monoisotopic (exact) mass is 298 g/mol. The fraction of sp³-hybridized carbons (Fsp3) is 0.133. The van der Waals surface area contributed by atoms with Gasteiger partial charge in [0.15, 0.2) is 6.29 Å². The third-order valence-electron chi connectivity index (χ3n) is 2.75. The van der Waals surface area contributed by atoms with Gasteiger partial charge in [0.25, 0.3) is 0 Å². The molecule has 0 fully saturated rings. The van der Waals surface area contributed by atoms with Gasteiger partial charge in [-0.1, -0.05) is 12.1 Å². The molecule has 0 unspecified atom stereocenters. The molecule has 21 heavy (non-hydrogen) atoms. The molecular formula is C15H10F4O2. The second-order valence-electron chi connectivity index (χ2n) is 4.29. The van der Waals surface area contributed by atoms with Gasteiger partial charge in [0.2, 0.25) is 0 Å². The van der Waals surface area contributed by atoms with E-state index in [-0.39, 0.29) is 17.9 Å². The van der Waals surface area contributed by atoms with E-state index >= 15 is 0 Å². The Hall–Kier alpha value is -2.37. The summed E-state index contributed by atoms with van der Waals surface area (Å²) >= 11 is 0. The Balaban J connectivity index is 2.15. The maximum atomic E-state index is 12.9. The third-order valence-corrected chi connectivity index (χ3v) is 2.75. The predicted octanol–water partition coefficient (Wildman–Crippen LogP) is 4.24. The minimum Gasteiger partial charge on any atom is -0.488 e. The summed E-state index contributed by atoms with van der Waals surface area (Å²) in [6.07, 6.45) is -4.01. The van der Waals surface area contributed by atoms with Crippen molar-refractivity contribution in [3.05, 3.63) is 65.0 Å². The van der Waals surface area contributed by atoms with Crippen LogP contribution in [0.15, 0.2) is 42.5 Å². The highest BCUT2D eigenvalue weighted by molar-refractivity contribution is 5.79. The Morgan fingerprint density at radius 3 is 2.52 bits per heavy atom. The molecule has 0 radical (unpaired) electrons. The molecule has 0 saturated carbocycles. The van der Waals surface area contributed by atoms with E-state index in [0.29, 0.717) is 11.8 Å². The van der Waals surface area contributed by atoms with Crippen LogP contribution in [0.3, 0.4) is 0 Å². The van der Waals surface area contributed by atoms with Crippen molar-refractivity contribution in [3.8, 4) is 5.75 Å². The lowest BCUT2D eigenvalue weighted by Gasteiger charge is -2.11. The van der Waals surface area contributed by atoms with Gasteiger partial charge >= 0.3 is 6.18 Å². The summed E-state index contributed by atoms with van der Waals surface area (Å²) in [4.78, 5) is 10.8. The van der Waals surface area contributed by atoms with Crippen LogP contribution in [-0.2, 0) is 12.8 Å². The first-order valence-electron chi connectivity index (χ1n) is 5.94. The molecule has 0 N–H and O–H groups in total. The first-order chi connectivity index (χ1) is 9.90. The van der Waals surface area contributed by atoms with Crippen LogP contribution in [0.5, 0.6) is 5.75 Å². The highest BCUT2D eigenvalue weighted by Gasteiger charge is 2.30. The van der Waals surface area contributed by atoms with E-state index in [1.165, 1.54) is 18.2 Å². The van der Waals surface area contributed by atoms with Crippen LogP contribution in [0, 0.1) is 5.82 Å². The van der Waals surface area contributed by atoms with Gasteiger partial charge in [-0.25, -0.2) is 4.39 Å². The van der Waals surface area contributed by atoms with Gasteiger partial charge < -0.3 is 4.74 Å². The normalized spacial score (nSPS) is 11.2. The molecule has 2 aromatic rings. The Labute approximate surface area is 118 Å². The smallest absolute Gasteiger partial charge is 0.416 e. The van der Waals surface area contributed by atoms with Crippen LogP contribution < -0.4 is 4.74 Å². The summed E-state index contributed by atoms with van der Waals surface area (Å²) in [5, 5.41) is 0. The van der Waals surface area contributed by atoms with Crippen LogP contribution in [-0.4, -0.2) is 6.29 Å². The van der Waals surface area contributed by atoms with Crippen molar-refractivity contribution in [2.24, 2.45) is 0 Å². The molecular weight excluding hydrogens is 288 g/mol. The fourth-order valence-corrected chi connectivity index (χ4v) is 1.74. The second kappa shape index (κ2) is 5.95. The van der Waals surface area contributed by atoms with Crippen LogP contribution >= 0.6 is 0 Å². The van der Waals surface area contributed by atoms with Crippen molar-refractivity contribution >= 4 is 6.29 Å². The molecule has 2 aromatic carbocycles. The summed E-state index contributed by atoms with van der Waals surface area (Å²) < 4.78 is 55.9. The number of alkyl halides is 3. The zero-order valence-electron chi connectivity index (χ0n) is 10.7. The lowest BCUT2D eigenvalue weighted by atomic mass is 10.1. The largest absolute Gasteiger partial charge is 0.488 e. The van der Waals surface area contributed by atoms with E-state index in [1.54, 1.807) is 0 Å². The molecule has 0 heterocycles. The number of hydrogen-bond donors (Lipinski definition) is 0. The molecule has 0 atom stereocenters. The minimum atomic E-state index is -4.43. The number of aldehydes is 1. The van der Waals surface area contributed by atoms with Gasteiger partial charge in [0.05, 0.1) is 11.1 Å². The number of carbonyl (C=O) groups excluding carboxylic acids is 1. The van der Waals surface area contributed by atoms with Crippen LogP contribution in [0.2, 0.25) is 0 Å². The zero-order valence-corrected chi connectivity index (χ0v) is 10.7. The van der Waals surface area contributed by atoms with Crippen LogP contribution in [0.4, 0.5) is 17.6 Å². The molecule has 6 heteroatoms. The van der Waals surface area contributed by atoms with Gasteiger partial charge in [0.1, 0.15) is 18.2 Å². The van der Waals surface area contributed by atoms with E-state index in [4.69, 9.17) is 4.74 Å². The number of benzene rings is 2. The lowest BCUT2D eigenvalue weighted by molar-refractivity contribution is -0.137. The first kappa shape index (κ1) is 15.0. The average molecular weight is 298 g/mol. The summed E-state index contributed by atoms with van der Waals surface area (Å²) in [5.74, 6) is -0.479. The molecule has 0 aliphatic rings. The molecule has 0 aliphatic carbocycles. The summed E-state index contributed by atoms with van der Waals surface area (Å²) in [5.41, 5.74) is -0.480. The molecule has 0 amide bonds. The van der Waals surface area contributed by atoms with E-state index in [0.717, 1.165) is 24.3 Å². The molecule has 110 valence electrons. The molecule has 0 aliphatic heterocycles. The molecule has 0 bridgehead atoms. The number of ether oxygens (including phenoxy) is 1. The van der Waals surface area contributed by atoms with Gasteiger partial charge in [-0.3, -0.25) is 4.79 Å². The van der Waals surface area contributed by atoms with E-state index in [9.17, 15) is 22.4 Å². The Morgan fingerprint density at radius 2 is 1.86 bits per heavy atom. The second-order valence-corrected chi connectivity index (χ2v) is 4.29. The van der Waals surface area contributed by atoms with Crippen molar-refractivity contribution in [2.75, 3.05) is 0 Å². The van der Waals surface area contributed by atoms with E-state index in [2.05, 4.69) is 0 Å². The van der Waals surface area contributed by atoms with Gasteiger partial charge in [-0.05, 0) is 35.9 Å². The van der Waals surface area contributed by atoms with Gasteiger partial charge in [-0.2, -0.15) is 13.2 Å². The molecule has 0 spiro atoms. The van der Waals surface area contributed by atoms with Crippen molar-refractivity contribution < 1.29 is 27.1 Å².